The molecule has 1 saturated heterocycles. The largest absolute Gasteiger partial charge is 0.368 e. The first kappa shape index (κ1) is 16.9. The molecule has 1 fully saturated rings. The third-order valence-electron chi connectivity index (χ3n) is 3.72. The molecule has 3 rings (SSSR count). The lowest BCUT2D eigenvalue weighted by Crippen LogP contribution is -2.27. The third kappa shape index (κ3) is 4.33. The summed E-state index contributed by atoms with van der Waals surface area (Å²) in [6.45, 7) is 0.622. The Labute approximate surface area is 153 Å². The van der Waals surface area contributed by atoms with Crippen LogP contribution in [0.1, 0.15) is 23.2 Å². The second-order valence-electron chi connectivity index (χ2n) is 5.53. The van der Waals surface area contributed by atoms with E-state index >= 15 is 0 Å². The molecule has 0 spiro atoms. The van der Waals surface area contributed by atoms with Crippen molar-refractivity contribution in [3.63, 3.8) is 0 Å². The van der Waals surface area contributed by atoms with E-state index in [-0.39, 0.29) is 11.8 Å². The quantitative estimate of drug-likeness (QED) is 0.720. The topological polar surface area (TPSA) is 67.4 Å². The van der Waals surface area contributed by atoms with Crippen molar-refractivity contribution < 1.29 is 14.3 Å². The van der Waals surface area contributed by atoms with Crippen LogP contribution in [0.15, 0.2) is 48.5 Å². The van der Waals surface area contributed by atoms with Crippen LogP contribution in [0.2, 0.25) is 0 Å². The highest BCUT2D eigenvalue weighted by Crippen LogP contribution is 2.17. The summed E-state index contributed by atoms with van der Waals surface area (Å²) in [7, 11) is 0. The zero-order valence-electron chi connectivity index (χ0n) is 12.9. The van der Waals surface area contributed by atoms with Crippen LogP contribution in [0.25, 0.3) is 0 Å². The molecule has 0 aliphatic carbocycles. The normalized spacial score (nSPS) is 16.6. The van der Waals surface area contributed by atoms with Crippen LogP contribution in [0.4, 0.5) is 11.4 Å². The van der Waals surface area contributed by atoms with Gasteiger partial charge in [0.15, 0.2) is 0 Å². The number of benzene rings is 2. The van der Waals surface area contributed by atoms with Gasteiger partial charge in [-0.25, -0.2) is 0 Å². The number of nitrogens with one attached hydrogen (secondary N) is 2. The fraction of sp³-hybridized carbons (Fsp3) is 0.222. The van der Waals surface area contributed by atoms with Gasteiger partial charge in [-0.05, 0) is 77.9 Å². The van der Waals surface area contributed by atoms with Gasteiger partial charge in [0.2, 0.25) is 0 Å². The van der Waals surface area contributed by atoms with E-state index in [9.17, 15) is 9.59 Å². The summed E-state index contributed by atoms with van der Waals surface area (Å²) in [6.07, 6.45) is 1.24. The molecule has 124 valence electrons. The molecule has 2 aromatic carbocycles. The molecular formula is C18H17IN2O3. The van der Waals surface area contributed by atoms with Crippen molar-refractivity contribution in [3.05, 3.63) is 57.7 Å². The lowest BCUT2D eigenvalue weighted by Gasteiger charge is -2.11. The summed E-state index contributed by atoms with van der Waals surface area (Å²) in [4.78, 5) is 24.4. The highest BCUT2D eigenvalue weighted by atomic mass is 127. The van der Waals surface area contributed by atoms with Gasteiger partial charge in [0.1, 0.15) is 6.10 Å². The molecule has 0 aromatic heterocycles. The molecule has 2 aromatic rings. The lowest BCUT2D eigenvalue weighted by atomic mass is 10.1. The maximum Gasteiger partial charge on any atom is 0.255 e. The van der Waals surface area contributed by atoms with Crippen LogP contribution in [0, 0.1) is 3.57 Å². The molecule has 1 aliphatic heterocycles. The Bertz CT molecular complexity index is 740. The highest BCUT2D eigenvalue weighted by molar-refractivity contribution is 14.1. The van der Waals surface area contributed by atoms with Gasteiger partial charge >= 0.3 is 0 Å². The van der Waals surface area contributed by atoms with Gasteiger partial charge in [-0.2, -0.15) is 0 Å². The second-order valence-corrected chi connectivity index (χ2v) is 6.78. The van der Waals surface area contributed by atoms with Gasteiger partial charge in [0.05, 0.1) is 0 Å². The van der Waals surface area contributed by atoms with Gasteiger partial charge in [-0.3, -0.25) is 9.59 Å². The molecular weight excluding hydrogens is 419 g/mol. The van der Waals surface area contributed by atoms with Crippen LogP contribution in [0.3, 0.4) is 0 Å². The first-order chi connectivity index (χ1) is 11.6. The van der Waals surface area contributed by atoms with Crippen molar-refractivity contribution in [2.75, 3.05) is 17.2 Å². The molecule has 2 amide bonds. The molecule has 24 heavy (non-hydrogen) atoms. The zero-order valence-corrected chi connectivity index (χ0v) is 15.1. The van der Waals surface area contributed by atoms with Crippen molar-refractivity contribution in [3.8, 4) is 0 Å². The standard InChI is InChI=1S/C18H17IN2O3/c19-13-6-8-14(9-7-13)20-17(22)12-3-1-4-15(11-12)21-18(23)16-5-2-10-24-16/h1,3-4,6-9,11,16H,2,5,10H2,(H,20,22)(H,21,23)/t16-/m1/s1. The van der Waals surface area contributed by atoms with Crippen molar-refractivity contribution in [2.45, 2.75) is 18.9 Å². The Balaban J connectivity index is 1.66. The number of carbonyl (C=O) groups excluding carboxylic acids is 2. The van der Waals surface area contributed by atoms with Crippen LogP contribution >= 0.6 is 22.6 Å². The molecule has 0 bridgehead atoms. The maximum absolute atomic E-state index is 12.3. The van der Waals surface area contributed by atoms with Crippen LogP contribution in [-0.2, 0) is 9.53 Å². The minimum atomic E-state index is -0.394. The Morgan fingerprint density at radius 1 is 1.04 bits per heavy atom. The molecule has 1 atom stereocenters. The van der Waals surface area contributed by atoms with Crippen LogP contribution < -0.4 is 10.6 Å². The Hall–Kier alpha value is -1.93. The number of amides is 2. The molecule has 1 heterocycles. The Kier molecular flexibility index (Phi) is 5.47. The molecule has 0 radical (unpaired) electrons. The molecule has 0 unspecified atom stereocenters. The average molecular weight is 436 g/mol. The fourth-order valence-electron chi connectivity index (χ4n) is 2.48. The summed E-state index contributed by atoms with van der Waals surface area (Å²) >= 11 is 2.21. The van der Waals surface area contributed by atoms with E-state index in [0.29, 0.717) is 17.9 Å². The van der Waals surface area contributed by atoms with Gasteiger partial charge < -0.3 is 15.4 Å². The van der Waals surface area contributed by atoms with Gasteiger partial charge in [-0.15, -0.1) is 0 Å². The fourth-order valence-corrected chi connectivity index (χ4v) is 2.84. The van der Waals surface area contributed by atoms with E-state index in [0.717, 1.165) is 22.1 Å². The predicted molar refractivity (Wildman–Crippen MR) is 101 cm³/mol. The van der Waals surface area contributed by atoms with Crippen LogP contribution in [-0.4, -0.2) is 24.5 Å². The summed E-state index contributed by atoms with van der Waals surface area (Å²) < 4.78 is 6.46. The van der Waals surface area contributed by atoms with E-state index in [1.807, 2.05) is 24.3 Å². The van der Waals surface area contributed by atoms with Crippen molar-refractivity contribution in [1.29, 1.82) is 0 Å². The lowest BCUT2D eigenvalue weighted by molar-refractivity contribution is -0.124. The summed E-state index contributed by atoms with van der Waals surface area (Å²) in [5.41, 5.74) is 1.80. The highest BCUT2D eigenvalue weighted by Gasteiger charge is 2.23. The third-order valence-corrected chi connectivity index (χ3v) is 4.44. The van der Waals surface area contributed by atoms with E-state index in [1.165, 1.54) is 0 Å². The minimum Gasteiger partial charge on any atom is -0.368 e. The summed E-state index contributed by atoms with van der Waals surface area (Å²) in [6, 6.07) is 14.4. The Morgan fingerprint density at radius 2 is 1.83 bits per heavy atom. The van der Waals surface area contributed by atoms with Gasteiger partial charge in [0.25, 0.3) is 11.8 Å². The van der Waals surface area contributed by atoms with E-state index in [2.05, 4.69) is 33.2 Å². The first-order valence-corrected chi connectivity index (χ1v) is 8.79. The SMILES string of the molecule is O=C(Nc1ccc(I)cc1)c1cccc(NC(=O)[C@H]2CCCO2)c1. The number of hydrogen-bond donors (Lipinski definition) is 2. The van der Waals surface area contributed by atoms with E-state index in [4.69, 9.17) is 4.74 Å². The van der Waals surface area contributed by atoms with Crippen LogP contribution in [0.5, 0.6) is 0 Å². The summed E-state index contributed by atoms with van der Waals surface area (Å²) in [5.74, 6) is -0.382. The molecule has 0 saturated carbocycles. The van der Waals surface area contributed by atoms with E-state index < -0.39 is 6.10 Å². The molecule has 6 heteroatoms. The Morgan fingerprint density at radius 3 is 2.54 bits per heavy atom. The number of anilines is 2. The van der Waals surface area contributed by atoms with Gasteiger partial charge in [-0.1, -0.05) is 6.07 Å². The monoisotopic (exact) mass is 436 g/mol. The number of hydrogen-bond acceptors (Lipinski definition) is 3. The first-order valence-electron chi connectivity index (χ1n) is 7.71. The van der Waals surface area contributed by atoms with Crippen molar-refractivity contribution in [1.82, 2.24) is 0 Å². The molecule has 2 N–H and O–H groups in total. The average Bonchev–Trinajstić information content (AvgIpc) is 3.12. The minimum absolute atomic E-state index is 0.164. The predicted octanol–water partition coefficient (Wildman–Crippen LogP) is 3.66. The smallest absolute Gasteiger partial charge is 0.255 e. The maximum atomic E-state index is 12.3. The molecule has 5 nitrogen and oxygen atoms in total. The molecule has 1 aliphatic rings. The van der Waals surface area contributed by atoms with Crippen molar-refractivity contribution >= 4 is 45.8 Å². The summed E-state index contributed by atoms with van der Waals surface area (Å²) in [5, 5.41) is 5.65. The number of rotatable bonds is 4. The number of halogens is 1. The van der Waals surface area contributed by atoms with Gasteiger partial charge in [0, 0.05) is 27.1 Å². The number of ether oxygens (including phenoxy) is 1. The number of carbonyl (C=O) groups is 2. The second kappa shape index (κ2) is 7.76. The van der Waals surface area contributed by atoms with Crippen molar-refractivity contribution in [2.24, 2.45) is 0 Å². The van der Waals surface area contributed by atoms with E-state index in [1.54, 1.807) is 24.3 Å². The zero-order chi connectivity index (χ0) is 16.9.